The minimum atomic E-state index is -3.60. The summed E-state index contributed by atoms with van der Waals surface area (Å²) >= 11 is 0. The molecule has 0 radical (unpaired) electrons. The zero-order valence-corrected chi connectivity index (χ0v) is 10.7. The van der Waals surface area contributed by atoms with Gasteiger partial charge in [-0.2, -0.15) is 0 Å². The lowest BCUT2D eigenvalue weighted by Gasteiger charge is -2.07. The minimum absolute atomic E-state index is 0.0864. The van der Waals surface area contributed by atoms with Crippen molar-refractivity contribution < 1.29 is 27.5 Å². The third-order valence-electron chi connectivity index (χ3n) is 1.64. The molecule has 0 unspecified atom stereocenters. The Kier molecular flexibility index (Phi) is 6.48. The minimum Gasteiger partial charge on any atom is -0.462 e. The normalized spacial score (nSPS) is 11.0. The molecule has 0 atom stereocenters. The molecule has 6 nitrogen and oxygen atoms in total. The molecule has 98 valence electrons. The van der Waals surface area contributed by atoms with Gasteiger partial charge < -0.3 is 9.47 Å². The molecule has 17 heavy (non-hydrogen) atoms. The Bertz CT molecular complexity index is 382. The molecule has 0 saturated heterocycles. The summed E-state index contributed by atoms with van der Waals surface area (Å²) in [6.45, 7) is 6.15. The Balaban J connectivity index is 3.81. The summed E-state index contributed by atoms with van der Waals surface area (Å²) in [7, 11) is -3.60. The molecule has 0 rings (SSSR count). The monoisotopic (exact) mass is 264 g/mol. The first-order valence-corrected chi connectivity index (χ1v) is 6.67. The van der Waals surface area contributed by atoms with Crippen LogP contribution in [0.25, 0.3) is 0 Å². The fourth-order valence-electron chi connectivity index (χ4n) is 0.729. The number of carbonyl (C=O) groups is 2. The number of sulfone groups is 1. The zero-order chi connectivity index (χ0) is 13.5. The molecule has 0 fully saturated rings. The number of rotatable bonds is 7. The van der Waals surface area contributed by atoms with Gasteiger partial charge in [0.2, 0.25) is 0 Å². The molecule has 0 aromatic carbocycles. The Morgan fingerprint density at radius 2 is 1.76 bits per heavy atom. The Morgan fingerprint density at radius 3 is 2.24 bits per heavy atom. The number of hydrogen-bond donors (Lipinski definition) is 0. The molecular formula is C10H16O6S. The first-order valence-electron chi connectivity index (χ1n) is 4.96. The highest BCUT2D eigenvalue weighted by Gasteiger charge is 2.14. The molecule has 0 aliphatic rings. The van der Waals surface area contributed by atoms with Crippen LogP contribution in [0.1, 0.15) is 13.8 Å². The molecular weight excluding hydrogens is 248 g/mol. The molecule has 7 heteroatoms. The summed E-state index contributed by atoms with van der Waals surface area (Å²) in [6, 6.07) is 0. The van der Waals surface area contributed by atoms with Gasteiger partial charge in [-0.25, -0.2) is 8.42 Å². The average Bonchev–Trinajstić information content (AvgIpc) is 2.23. The van der Waals surface area contributed by atoms with Crippen LogP contribution < -0.4 is 0 Å². The highest BCUT2D eigenvalue weighted by Crippen LogP contribution is 1.96. The van der Waals surface area contributed by atoms with E-state index in [0.717, 1.165) is 0 Å². The van der Waals surface area contributed by atoms with Crippen LogP contribution in [0.3, 0.4) is 0 Å². The summed E-state index contributed by atoms with van der Waals surface area (Å²) in [4.78, 5) is 22.0. The van der Waals surface area contributed by atoms with Gasteiger partial charge in [0.15, 0.2) is 15.6 Å². The van der Waals surface area contributed by atoms with Crippen molar-refractivity contribution in [1.82, 2.24) is 0 Å². The van der Waals surface area contributed by atoms with E-state index >= 15 is 0 Å². The van der Waals surface area contributed by atoms with Gasteiger partial charge in [0.25, 0.3) is 0 Å². The first-order chi connectivity index (χ1) is 7.78. The van der Waals surface area contributed by atoms with E-state index in [9.17, 15) is 18.0 Å². The molecule has 0 aliphatic heterocycles. The molecule has 0 N–H and O–H groups in total. The third kappa shape index (κ3) is 7.51. The molecule has 0 spiro atoms. The maximum Gasteiger partial charge on any atom is 0.321 e. The van der Waals surface area contributed by atoms with Crippen molar-refractivity contribution >= 4 is 21.8 Å². The quantitative estimate of drug-likeness (QED) is 0.485. The fraction of sp³-hybridized carbons (Fsp3) is 0.600. The second-order valence-electron chi connectivity index (χ2n) is 3.52. The molecule has 0 aliphatic carbocycles. The van der Waals surface area contributed by atoms with E-state index in [1.165, 1.54) is 0 Å². The van der Waals surface area contributed by atoms with Gasteiger partial charge in [-0.1, -0.05) is 20.4 Å². The molecule has 0 bridgehead atoms. The SMILES string of the molecule is C=CS(=O)(=O)CC(=O)OCCOC(=O)C(C)C. The maximum absolute atomic E-state index is 11.0. The maximum atomic E-state index is 11.0. The van der Waals surface area contributed by atoms with Crippen LogP contribution in [0, 0.1) is 5.92 Å². The Hall–Kier alpha value is -1.37. The van der Waals surface area contributed by atoms with Crippen LogP contribution in [0.5, 0.6) is 0 Å². The summed E-state index contributed by atoms with van der Waals surface area (Å²) in [5, 5.41) is 0.688. The van der Waals surface area contributed by atoms with Crippen LogP contribution in [-0.2, 0) is 28.9 Å². The highest BCUT2D eigenvalue weighted by atomic mass is 32.2. The van der Waals surface area contributed by atoms with Crippen molar-refractivity contribution in [2.45, 2.75) is 13.8 Å². The van der Waals surface area contributed by atoms with E-state index in [-0.39, 0.29) is 19.1 Å². The van der Waals surface area contributed by atoms with Crippen molar-refractivity contribution in [2.24, 2.45) is 5.92 Å². The topological polar surface area (TPSA) is 86.7 Å². The van der Waals surface area contributed by atoms with Crippen molar-refractivity contribution in [3.05, 3.63) is 12.0 Å². The summed E-state index contributed by atoms with van der Waals surface area (Å²) in [5.41, 5.74) is 0. The standard InChI is InChI=1S/C10H16O6S/c1-4-17(13,14)7-9(11)15-5-6-16-10(12)8(2)3/h4,8H,1,5-7H2,2-3H3. The van der Waals surface area contributed by atoms with Crippen LogP contribution in [0.15, 0.2) is 12.0 Å². The largest absolute Gasteiger partial charge is 0.462 e. The van der Waals surface area contributed by atoms with Gasteiger partial charge in [-0.15, -0.1) is 0 Å². The van der Waals surface area contributed by atoms with E-state index in [1.54, 1.807) is 13.8 Å². The third-order valence-corrected chi connectivity index (χ3v) is 2.78. The van der Waals surface area contributed by atoms with Crippen molar-refractivity contribution in [2.75, 3.05) is 19.0 Å². The average molecular weight is 264 g/mol. The summed E-state index contributed by atoms with van der Waals surface area (Å²) < 4.78 is 31.2. The van der Waals surface area contributed by atoms with E-state index in [4.69, 9.17) is 4.74 Å². The van der Waals surface area contributed by atoms with Crippen molar-refractivity contribution in [3.63, 3.8) is 0 Å². The lowest BCUT2D eigenvalue weighted by atomic mass is 10.2. The Labute approximate surface area is 101 Å². The summed E-state index contributed by atoms with van der Waals surface area (Å²) in [5.74, 6) is -2.31. The fourth-order valence-corrected chi connectivity index (χ4v) is 1.26. The lowest BCUT2D eigenvalue weighted by Crippen LogP contribution is -2.20. The van der Waals surface area contributed by atoms with Crippen LogP contribution >= 0.6 is 0 Å². The predicted molar refractivity (Wildman–Crippen MR) is 60.7 cm³/mol. The van der Waals surface area contributed by atoms with Crippen LogP contribution in [0.2, 0.25) is 0 Å². The van der Waals surface area contributed by atoms with Crippen molar-refractivity contribution in [1.29, 1.82) is 0 Å². The van der Waals surface area contributed by atoms with Gasteiger partial charge in [0.05, 0.1) is 5.92 Å². The molecule has 0 aromatic rings. The first kappa shape index (κ1) is 15.6. The van der Waals surface area contributed by atoms with Gasteiger partial charge in [-0.3, -0.25) is 9.59 Å². The molecule has 0 saturated carbocycles. The number of hydrogen-bond acceptors (Lipinski definition) is 6. The van der Waals surface area contributed by atoms with E-state index in [0.29, 0.717) is 5.41 Å². The van der Waals surface area contributed by atoms with Crippen molar-refractivity contribution in [3.8, 4) is 0 Å². The number of esters is 2. The molecule has 0 amide bonds. The van der Waals surface area contributed by atoms with Gasteiger partial charge >= 0.3 is 11.9 Å². The van der Waals surface area contributed by atoms with Crippen LogP contribution in [-0.4, -0.2) is 39.3 Å². The summed E-state index contributed by atoms with van der Waals surface area (Å²) in [6.07, 6.45) is 0. The highest BCUT2D eigenvalue weighted by molar-refractivity contribution is 7.94. The second kappa shape index (κ2) is 7.05. The van der Waals surface area contributed by atoms with E-state index in [2.05, 4.69) is 11.3 Å². The van der Waals surface area contributed by atoms with Crippen LogP contribution in [0.4, 0.5) is 0 Å². The Morgan fingerprint density at radius 1 is 1.24 bits per heavy atom. The molecule has 0 heterocycles. The van der Waals surface area contributed by atoms with E-state index in [1.807, 2.05) is 0 Å². The lowest BCUT2D eigenvalue weighted by molar-refractivity contribution is -0.153. The number of ether oxygens (including phenoxy) is 2. The van der Waals surface area contributed by atoms with Gasteiger partial charge in [0, 0.05) is 5.41 Å². The van der Waals surface area contributed by atoms with E-state index < -0.39 is 27.5 Å². The number of carbonyl (C=O) groups excluding carboxylic acids is 2. The van der Waals surface area contributed by atoms with Gasteiger partial charge in [-0.05, 0) is 0 Å². The smallest absolute Gasteiger partial charge is 0.321 e. The van der Waals surface area contributed by atoms with Gasteiger partial charge in [0.1, 0.15) is 13.2 Å². The zero-order valence-electron chi connectivity index (χ0n) is 9.84. The molecule has 0 aromatic heterocycles. The predicted octanol–water partition coefficient (Wildman–Crippen LogP) is 0.287. The second-order valence-corrected chi connectivity index (χ2v) is 5.46.